The number of thioether (sulfide) groups is 1. The molecular weight excluding hydrogens is 473 g/mol. The molecule has 4 nitrogen and oxygen atoms in total. The van der Waals surface area contributed by atoms with E-state index < -0.39 is 0 Å². The topological polar surface area (TPSA) is 41.1 Å². The first kappa shape index (κ1) is 23.0. The molecule has 0 spiro atoms. The highest BCUT2D eigenvalue weighted by molar-refractivity contribution is 7.98. The van der Waals surface area contributed by atoms with Crippen molar-refractivity contribution >= 4 is 46.6 Å². The summed E-state index contributed by atoms with van der Waals surface area (Å²) < 4.78 is 5.62. The van der Waals surface area contributed by atoms with Gasteiger partial charge in [-0.1, -0.05) is 59.1 Å². The minimum absolute atomic E-state index is 0.153. The van der Waals surface area contributed by atoms with Crippen molar-refractivity contribution in [1.82, 2.24) is 15.1 Å². The Morgan fingerprint density at radius 2 is 1.94 bits per heavy atom. The summed E-state index contributed by atoms with van der Waals surface area (Å²) in [6, 6.07) is 8.50. The van der Waals surface area contributed by atoms with Crippen LogP contribution in [0.25, 0.3) is 0 Å². The Labute approximate surface area is 202 Å². The summed E-state index contributed by atoms with van der Waals surface area (Å²) in [6.45, 7) is 3.29. The van der Waals surface area contributed by atoms with Gasteiger partial charge >= 0.3 is 0 Å². The molecule has 1 N–H and O–H groups in total. The Bertz CT molecular complexity index is 1070. The number of hydrogen-bond acceptors (Lipinski definition) is 4. The molecule has 3 aromatic rings. The van der Waals surface area contributed by atoms with Crippen molar-refractivity contribution in [3.8, 4) is 0 Å². The second-order valence-electron chi connectivity index (χ2n) is 7.70. The largest absolute Gasteiger partial charge is 0.383 e. The van der Waals surface area contributed by atoms with Crippen LogP contribution in [0.4, 0.5) is 0 Å². The van der Waals surface area contributed by atoms with Crippen molar-refractivity contribution in [3.05, 3.63) is 79.5 Å². The van der Waals surface area contributed by atoms with E-state index in [2.05, 4.69) is 39.4 Å². The summed E-state index contributed by atoms with van der Waals surface area (Å²) in [5.41, 5.74) is 5.34. The molecule has 31 heavy (non-hydrogen) atoms. The number of H-pyrrole nitrogens is 1. The van der Waals surface area contributed by atoms with Gasteiger partial charge in [0.2, 0.25) is 0 Å². The Kier molecular flexibility index (Phi) is 7.21. The highest BCUT2D eigenvalue weighted by atomic mass is 35.5. The van der Waals surface area contributed by atoms with Crippen LogP contribution in [-0.2, 0) is 17.7 Å². The van der Waals surface area contributed by atoms with Crippen molar-refractivity contribution < 1.29 is 4.74 Å². The van der Waals surface area contributed by atoms with E-state index >= 15 is 0 Å². The van der Waals surface area contributed by atoms with Gasteiger partial charge in [0.25, 0.3) is 0 Å². The molecule has 1 aromatic heterocycles. The normalized spacial score (nSPS) is 17.5. The average molecular weight is 497 g/mol. The fourth-order valence-corrected chi connectivity index (χ4v) is 6.40. The molecule has 1 aliphatic rings. The van der Waals surface area contributed by atoms with Gasteiger partial charge in [0.15, 0.2) is 0 Å². The zero-order chi connectivity index (χ0) is 22.1. The number of aromatic nitrogens is 2. The van der Waals surface area contributed by atoms with E-state index in [1.54, 1.807) is 7.11 Å². The predicted octanol–water partition coefficient (Wildman–Crippen LogP) is 6.56. The van der Waals surface area contributed by atoms with E-state index in [0.717, 1.165) is 34.6 Å². The van der Waals surface area contributed by atoms with E-state index in [1.165, 1.54) is 22.9 Å². The van der Waals surface area contributed by atoms with Crippen molar-refractivity contribution in [1.29, 1.82) is 0 Å². The Hall–Kier alpha value is -1.21. The van der Waals surface area contributed by atoms with Crippen molar-refractivity contribution in [2.75, 3.05) is 20.0 Å². The SMILES string of the molecule is COCC1Cc2ccccc2CN1C(c1cn[nH]c1)c1c(Cl)c(C)c(Cl)c(SC)c1Cl. The fourth-order valence-electron chi connectivity index (χ4n) is 4.39. The molecule has 0 saturated carbocycles. The molecule has 2 atom stereocenters. The monoisotopic (exact) mass is 495 g/mol. The van der Waals surface area contributed by atoms with Crippen LogP contribution in [0, 0.1) is 6.92 Å². The van der Waals surface area contributed by atoms with Crippen LogP contribution in [0.2, 0.25) is 15.1 Å². The third kappa shape index (κ3) is 4.24. The molecule has 164 valence electrons. The van der Waals surface area contributed by atoms with E-state index in [0.29, 0.717) is 21.7 Å². The quantitative estimate of drug-likeness (QED) is 0.392. The fraction of sp³-hybridized carbons (Fsp3) is 0.348. The standard InChI is InChI=1S/C23H24Cl3N3OS/c1-13-19(24)18(21(26)23(31-3)20(13)25)22(16-9-27-28-10-16)29-11-15-7-5-4-6-14(15)8-17(29)12-30-2/h4-7,9-10,17,22H,8,11-12H2,1-3H3,(H,27,28). The zero-order valence-electron chi connectivity index (χ0n) is 17.6. The van der Waals surface area contributed by atoms with E-state index in [4.69, 9.17) is 39.5 Å². The maximum absolute atomic E-state index is 6.97. The molecule has 2 aromatic carbocycles. The lowest BCUT2D eigenvalue weighted by Gasteiger charge is -2.42. The third-order valence-electron chi connectivity index (χ3n) is 5.93. The van der Waals surface area contributed by atoms with Gasteiger partial charge in [0, 0.05) is 41.9 Å². The van der Waals surface area contributed by atoms with Gasteiger partial charge in [0.05, 0.1) is 33.9 Å². The molecule has 8 heteroatoms. The second-order valence-corrected chi connectivity index (χ2v) is 9.65. The van der Waals surface area contributed by atoms with Crippen molar-refractivity contribution in [3.63, 3.8) is 0 Å². The lowest BCUT2D eigenvalue weighted by Crippen LogP contribution is -2.45. The molecule has 0 radical (unpaired) electrons. The van der Waals surface area contributed by atoms with E-state index in [1.807, 2.05) is 25.6 Å². The molecular formula is C23H24Cl3N3OS. The number of aromatic amines is 1. The van der Waals surface area contributed by atoms with E-state index in [9.17, 15) is 0 Å². The van der Waals surface area contributed by atoms with Gasteiger partial charge in [-0.3, -0.25) is 10.00 Å². The van der Waals surface area contributed by atoms with E-state index in [-0.39, 0.29) is 12.1 Å². The summed E-state index contributed by atoms with van der Waals surface area (Å²) in [5.74, 6) is 0. The summed E-state index contributed by atoms with van der Waals surface area (Å²) in [6.07, 6.45) is 6.60. The van der Waals surface area contributed by atoms with Crippen LogP contribution in [0.1, 0.15) is 33.9 Å². The van der Waals surface area contributed by atoms with Gasteiger partial charge in [-0.2, -0.15) is 5.10 Å². The summed E-state index contributed by atoms with van der Waals surface area (Å²) in [7, 11) is 1.74. The lowest BCUT2D eigenvalue weighted by molar-refractivity contribution is 0.0571. The lowest BCUT2D eigenvalue weighted by atomic mass is 9.89. The van der Waals surface area contributed by atoms with Crippen LogP contribution in [-0.4, -0.2) is 41.1 Å². The molecule has 0 fully saturated rings. The van der Waals surface area contributed by atoms with Gasteiger partial charge < -0.3 is 4.74 Å². The summed E-state index contributed by atoms with van der Waals surface area (Å²) in [5, 5.41) is 8.96. The molecule has 2 heterocycles. The number of fused-ring (bicyclic) bond motifs is 1. The zero-order valence-corrected chi connectivity index (χ0v) is 20.7. The number of benzene rings is 2. The van der Waals surface area contributed by atoms with Crippen LogP contribution in [0.3, 0.4) is 0 Å². The molecule has 2 unspecified atom stereocenters. The molecule has 0 saturated heterocycles. The van der Waals surface area contributed by atoms with Crippen LogP contribution >= 0.6 is 46.6 Å². The molecule has 1 aliphatic heterocycles. The first-order chi connectivity index (χ1) is 15.0. The number of ether oxygens (including phenoxy) is 1. The maximum Gasteiger partial charge on any atom is 0.0669 e. The highest BCUT2D eigenvalue weighted by Gasteiger charge is 2.37. The number of rotatable bonds is 6. The Morgan fingerprint density at radius 1 is 1.19 bits per heavy atom. The van der Waals surface area contributed by atoms with Gasteiger partial charge in [-0.05, 0) is 36.3 Å². The highest BCUT2D eigenvalue weighted by Crippen LogP contribution is 2.48. The Morgan fingerprint density at radius 3 is 2.58 bits per heavy atom. The van der Waals surface area contributed by atoms with Crippen molar-refractivity contribution in [2.45, 2.75) is 36.9 Å². The Balaban J connectivity index is 1.92. The van der Waals surface area contributed by atoms with Crippen LogP contribution in [0.5, 0.6) is 0 Å². The van der Waals surface area contributed by atoms with Crippen LogP contribution in [0.15, 0.2) is 41.6 Å². The minimum Gasteiger partial charge on any atom is -0.383 e. The minimum atomic E-state index is -0.200. The first-order valence-corrected chi connectivity index (χ1v) is 12.3. The second kappa shape index (κ2) is 9.74. The molecule has 0 aliphatic carbocycles. The van der Waals surface area contributed by atoms with Crippen LogP contribution < -0.4 is 0 Å². The van der Waals surface area contributed by atoms with Crippen molar-refractivity contribution in [2.24, 2.45) is 0 Å². The molecule has 0 amide bonds. The van der Waals surface area contributed by atoms with Gasteiger partial charge in [0.1, 0.15) is 0 Å². The average Bonchev–Trinajstić information content (AvgIpc) is 3.30. The molecule has 4 rings (SSSR count). The summed E-state index contributed by atoms with van der Waals surface area (Å²) >= 11 is 22.0. The first-order valence-electron chi connectivity index (χ1n) is 9.99. The molecule has 0 bridgehead atoms. The number of hydrogen-bond donors (Lipinski definition) is 1. The van der Waals surface area contributed by atoms with Gasteiger partial charge in [-0.25, -0.2) is 0 Å². The smallest absolute Gasteiger partial charge is 0.0669 e. The number of methoxy groups -OCH3 is 1. The predicted molar refractivity (Wildman–Crippen MR) is 130 cm³/mol. The van der Waals surface area contributed by atoms with Gasteiger partial charge in [-0.15, -0.1) is 11.8 Å². The number of nitrogens with zero attached hydrogens (tertiary/aromatic N) is 2. The third-order valence-corrected chi connectivity index (χ3v) is 8.32. The maximum atomic E-state index is 6.97. The summed E-state index contributed by atoms with van der Waals surface area (Å²) in [4.78, 5) is 3.26. The number of halogens is 3. The number of nitrogens with one attached hydrogen (secondary N) is 1.